The van der Waals surface area contributed by atoms with Crippen molar-refractivity contribution in [1.29, 1.82) is 0 Å². The number of aromatic carboxylic acids is 1. The van der Waals surface area contributed by atoms with Crippen LogP contribution in [0.2, 0.25) is 0 Å². The van der Waals surface area contributed by atoms with Crippen LogP contribution in [0.4, 0.5) is 4.39 Å². The summed E-state index contributed by atoms with van der Waals surface area (Å²) < 4.78 is 14.6. The molecule has 2 aromatic rings. The zero-order valence-electron chi connectivity index (χ0n) is 11.0. The Hall–Kier alpha value is -2.17. The molecule has 1 heterocycles. The molecule has 0 fully saturated rings. The van der Waals surface area contributed by atoms with Crippen LogP contribution in [0.25, 0.3) is 11.3 Å². The Balaban J connectivity index is 2.68. The van der Waals surface area contributed by atoms with Gasteiger partial charge in [-0.3, -0.25) is 4.68 Å². The molecule has 0 aliphatic rings. The van der Waals surface area contributed by atoms with Gasteiger partial charge < -0.3 is 5.11 Å². The Kier molecular flexibility index (Phi) is 3.14. The van der Waals surface area contributed by atoms with Crippen LogP contribution in [-0.2, 0) is 5.54 Å². The van der Waals surface area contributed by atoms with E-state index in [-0.39, 0.29) is 16.9 Å². The molecule has 2 rings (SSSR count). The topological polar surface area (TPSA) is 55.1 Å². The number of hydrogen-bond acceptors (Lipinski definition) is 2. The maximum atomic E-state index is 13.0. The number of halogens is 1. The predicted octanol–water partition coefficient (Wildman–Crippen LogP) is 3.14. The summed E-state index contributed by atoms with van der Waals surface area (Å²) in [5.74, 6) is -1.41. The molecule has 0 aliphatic carbocycles. The van der Waals surface area contributed by atoms with E-state index in [9.17, 15) is 14.3 Å². The van der Waals surface area contributed by atoms with Crippen LogP contribution in [0.15, 0.2) is 30.5 Å². The van der Waals surface area contributed by atoms with Crippen molar-refractivity contribution in [2.75, 3.05) is 0 Å². The lowest BCUT2D eigenvalue weighted by atomic mass is 10.0. The summed E-state index contributed by atoms with van der Waals surface area (Å²) in [6, 6.07) is 5.73. The molecule has 1 aromatic heterocycles. The number of nitrogens with zero attached hydrogens (tertiary/aromatic N) is 2. The first-order valence-electron chi connectivity index (χ1n) is 5.88. The molecule has 0 spiro atoms. The molecular formula is C14H15FN2O2. The van der Waals surface area contributed by atoms with Gasteiger partial charge in [0.25, 0.3) is 0 Å². The number of benzene rings is 1. The number of carbonyl (C=O) groups is 1. The van der Waals surface area contributed by atoms with Gasteiger partial charge in [-0.05, 0) is 45.0 Å². The summed E-state index contributed by atoms with van der Waals surface area (Å²) in [6.45, 7) is 5.79. The molecule has 19 heavy (non-hydrogen) atoms. The van der Waals surface area contributed by atoms with E-state index in [1.807, 2.05) is 20.8 Å². The van der Waals surface area contributed by atoms with Crippen molar-refractivity contribution >= 4 is 5.97 Å². The molecule has 1 aromatic carbocycles. The number of carboxylic acid groups (broad SMARTS) is 1. The molecule has 100 valence electrons. The fourth-order valence-corrected chi connectivity index (χ4v) is 1.90. The summed E-state index contributed by atoms with van der Waals surface area (Å²) in [6.07, 6.45) is 1.33. The van der Waals surface area contributed by atoms with Crippen LogP contribution >= 0.6 is 0 Å². The first-order valence-corrected chi connectivity index (χ1v) is 5.88. The highest BCUT2D eigenvalue weighted by Crippen LogP contribution is 2.29. The molecule has 0 saturated heterocycles. The summed E-state index contributed by atoms with van der Waals surface area (Å²) in [7, 11) is 0. The summed E-state index contributed by atoms with van der Waals surface area (Å²) in [4.78, 5) is 11.3. The largest absolute Gasteiger partial charge is 0.478 e. The maximum absolute atomic E-state index is 13.0. The van der Waals surface area contributed by atoms with Crippen molar-refractivity contribution in [3.63, 3.8) is 0 Å². The fraction of sp³-hybridized carbons (Fsp3) is 0.286. The first-order chi connectivity index (χ1) is 8.80. The van der Waals surface area contributed by atoms with Crippen molar-refractivity contribution in [1.82, 2.24) is 9.78 Å². The first kappa shape index (κ1) is 13.3. The Morgan fingerprint density at radius 2 is 1.84 bits per heavy atom. The van der Waals surface area contributed by atoms with Gasteiger partial charge in [-0.1, -0.05) is 0 Å². The third-order valence-electron chi connectivity index (χ3n) is 2.75. The van der Waals surface area contributed by atoms with Gasteiger partial charge in [0.05, 0.1) is 17.4 Å². The van der Waals surface area contributed by atoms with E-state index >= 15 is 0 Å². The number of aromatic nitrogens is 2. The summed E-state index contributed by atoms with van der Waals surface area (Å²) >= 11 is 0. The second kappa shape index (κ2) is 4.50. The molecule has 5 heteroatoms. The Morgan fingerprint density at radius 1 is 1.26 bits per heavy atom. The van der Waals surface area contributed by atoms with Gasteiger partial charge in [0.15, 0.2) is 0 Å². The highest BCUT2D eigenvalue weighted by molar-refractivity contribution is 5.94. The summed E-state index contributed by atoms with van der Waals surface area (Å²) in [5.41, 5.74) is 0.866. The lowest BCUT2D eigenvalue weighted by Gasteiger charge is -2.22. The van der Waals surface area contributed by atoms with Crippen LogP contribution in [-0.4, -0.2) is 20.9 Å². The second-order valence-electron chi connectivity index (χ2n) is 5.30. The maximum Gasteiger partial charge on any atom is 0.339 e. The van der Waals surface area contributed by atoms with E-state index < -0.39 is 5.97 Å². The fourth-order valence-electron chi connectivity index (χ4n) is 1.90. The SMILES string of the molecule is CC(C)(C)n1ncc(C(=O)O)c1-c1ccc(F)cc1. The molecule has 4 nitrogen and oxygen atoms in total. The normalized spacial score (nSPS) is 11.6. The zero-order valence-corrected chi connectivity index (χ0v) is 11.0. The minimum atomic E-state index is -1.05. The van der Waals surface area contributed by atoms with E-state index in [1.165, 1.54) is 18.3 Å². The zero-order chi connectivity index (χ0) is 14.2. The van der Waals surface area contributed by atoms with Gasteiger partial charge in [0.2, 0.25) is 0 Å². The van der Waals surface area contributed by atoms with Gasteiger partial charge in [-0.25, -0.2) is 9.18 Å². The van der Waals surface area contributed by atoms with Crippen molar-refractivity contribution in [2.24, 2.45) is 0 Å². The molecule has 0 amide bonds. The minimum absolute atomic E-state index is 0.113. The molecule has 0 bridgehead atoms. The van der Waals surface area contributed by atoms with Crippen LogP contribution < -0.4 is 0 Å². The van der Waals surface area contributed by atoms with Crippen molar-refractivity contribution < 1.29 is 14.3 Å². The second-order valence-corrected chi connectivity index (χ2v) is 5.30. The molecule has 0 atom stereocenters. The van der Waals surface area contributed by atoms with E-state index in [1.54, 1.807) is 16.8 Å². The average molecular weight is 262 g/mol. The van der Waals surface area contributed by atoms with Gasteiger partial charge >= 0.3 is 5.97 Å². The third-order valence-corrected chi connectivity index (χ3v) is 2.75. The van der Waals surface area contributed by atoms with Gasteiger partial charge in [-0.15, -0.1) is 0 Å². The van der Waals surface area contributed by atoms with E-state index in [4.69, 9.17) is 0 Å². The Bertz CT molecular complexity index is 609. The molecule has 1 N–H and O–H groups in total. The van der Waals surface area contributed by atoms with Gasteiger partial charge in [0, 0.05) is 5.56 Å². The lowest BCUT2D eigenvalue weighted by Crippen LogP contribution is -2.24. The van der Waals surface area contributed by atoms with Gasteiger partial charge in [-0.2, -0.15) is 5.10 Å². The number of rotatable bonds is 2. The Morgan fingerprint density at radius 3 is 2.32 bits per heavy atom. The quantitative estimate of drug-likeness (QED) is 0.904. The molecule has 0 radical (unpaired) electrons. The smallest absolute Gasteiger partial charge is 0.339 e. The van der Waals surface area contributed by atoms with Crippen LogP contribution in [0.1, 0.15) is 31.1 Å². The molecular weight excluding hydrogens is 247 g/mol. The van der Waals surface area contributed by atoms with Crippen LogP contribution in [0.3, 0.4) is 0 Å². The van der Waals surface area contributed by atoms with Crippen LogP contribution in [0, 0.1) is 5.82 Å². The van der Waals surface area contributed by atoms with E-state index in [2.05, 4.69) is 5.10 Å². The monoisotopic (exact) mass is 262 g/mol. The third kappa shape index (κ3) is 2.50. The lowest BCUT2D eigenvalue weighted by molar-refractivity contribution is 0.0697. The van der Waals surface area contributed by atoms with Crippen molar-refractivity contribution in [2.45, 2.75) is 26.3 Å². The van der Waals surface area contributed by atoms with E-state index in [0.29, 0.717) is 11.3 Å². The predicted molar refractivity (Wildman–Crippen MR) is 69.6 cm³/mol. The number of carboxylic acids is 1. The molecule has 0 unspecified atom stereocenters. The Labute approximate surface area is 110 Å². The van der Waals surface area contributed by atoms with Crippen LogP contribution in [0.5, 0.6) is 0 Å². The summed E-state index contributed by atoms with van der Waals surface area (Å²) in [5, 5.41) is 13.4. The molecule has 0 aliphatic heterocycles. The molecule has 0 saturated carbocycles. The number of hydrogen-bond donors (Lipinski definition) is 1. The van der Waals surface area contributed by atoms with Gasteiger partial charge in [0.1, 0.15) is 11.4 Å². The standard InChI is InChI=1S/C14H15FN2O2/c1-14(2,3)17-12(11(8-16-17)13(18)19)9-4-6-10(15)7-5-9/h4-8H,1-3H3,(H,18,19). The van der Waals surface area contributed by atoms with E-state index in [0.717, 1.165) is 0 Å². The van der Waals surface area contributed by atoms with Crippen molar-refractivity contribution in [3.8, 4) is 11.3 Å². The average Bonchev–Trinajstić information content (AvgIpc) is 2.74. The minimum Gasteiger partial charge on any atom is -0.478 e. The van der Waals surface area contributed by atoms with Crippen molar-refractivity contribution in [3.05, 3.63) is 41.8 Å². The highest BCUT2D eigenvalue weighted by atomic mass is 19.1. The highest BCUT2D eigenvalue weighted by Gasteiger charge is 2.24.